The van der Waals surface area contributed by atoms with E-state index in [1.807, 2.05) is 12.1 Å². The fourth-order valence-corrected chi connectivity index (χ4v) is 3.17. The fourth-order valence-electron chi connectivity index (χ4n) is 2.84. The molecule has 0 aliphatic rings. The van der Waals surface area contributed by atoms with Crippen LogP contribution in [0.3, 0.4) is 0 Å². The summed E-state index contributed by atoms with van der Waals surface area (Å²) in [4.78, 5) is 11.5. The first-order valence-electron chi connectivity index (χ1n) is 8.76. The molecule has 3 N–H and O–H groups in total. The van der Waals surface area contributed by atoms with Gasteiger partial charge in [-0.2, -0.15) is 4.36 Å². The Morgan fingerprint density at radius 2 is 1.59 bits per heavy atom. The van der Waals surface area contributed by atoms with Crippen LogP contribution in [0.2, 0.25) is 0 Å². The van der Waals surface area contributed by atoms with Gasteiger partial charge in [0, 0.05) is 5.69 Å². The van der Waals surface area contributed by atoms with Crippen molar-refractivity contribution in [3.05, 3.63) is 89.2 Å². The minimum absolute atomic E-state index is 0.127. The van der Waals surface area contributed by atoms with Gasteiger partial charge in [0.2, 0.25) is 0 Å². The Bertz CT molecular complexity index is 1090. The molecule has 3 rings (SSSR count). The SMILES string of the molecule is O=C(O)c1ccc(CCc2ccc(N=[SH](=O)O)cc2)cc1Nc1ccc(F)cc1. The van der Waals surface area contributed by atoms with E-state index in [4.69, 9.17) is 4.55 Å². The standard InChI is InChI=1S/C21H19FN2O4S/c22-16-6-10-17(11-7-16)23-20-13-15(5-12-19(20)21(25)26)2-1-14-3-8-18(9-4-14)24-29(27)28/h3-13,23,29H,1-2H2,(H,25,26)(H,24,27,28). The maximum atomic E-state index is 13.1. The molecular weight excluding hydrogens is 395 g/mol. The highest BCUT2D eigenvalue weighted by molar-refractivity contribution is 7.68. The van der Waals surface area contributed by atoms with Gasteiger partial charge in [0.05, 0.1) is 16.9 Å². The lowest BCUT2D eigenvalue weighted by Crippen LogP contribution is -2.04. The summed E-state index contributed by atoms with van der Waals surface area (Å²) in [6.07, 6.45) is 1.37. The second-order valence-corrected chi connectivity index (χ2v) is 7.04. The van der Waals surface area contributed by atoms with Crippen molar-refractivity contribution in [1.29, 1.82) is 0 Å². The van der Waals surface area contributed by atoms with Gasteiger partial charge in [-0.05, 0) is 72.5 Å². The summed E-state index contributed by atoms with van der Waals surface area (Å²) in [5, 5.41) is 12.5. The van der Waals surface area contributed by atoms with Crippen LogP contribution in [0.1, 0.15) is 21.5 Å². The number of carboxylic acid groups (broad SMARTS) is 1. The minimum Gasteiger partial charge on any atom is -0.478 e. The monoisotopic (exact) mass is 414 g/mol. The van der Waals surface area contributed by atoms with Crippen LogP contribution in [0.15, 0.2) is 71.1 Å². The summed E-state index contributed by atoms with van der Waals surface area (Å²) < 4.78 is 36.2. The molecule has 0 aliphatic carbocycles. The lowest BCUT2D eigenvalue weighted by Gasteiger charge is -2.12. The molecule has 1 atom stereocenters. The summed E-state index contributed by atoms with van der Waals surface area (Å²) in [5.41, 5.74) is 3.55. The molecular formula is C21H19FN2O4S. The van der Waals surface area contributed by atoms with Crippen molar-refractivity contribution >= 4 is 33.9 Å². The van der Waals surface area contributed by atoms with E-state index in [1.165, 1.54) is 12.1 Å². The predicted octanol–water partition coefficient (Wildman–Crippen LogP) is 4.82. The van der Waals surface area contributed by atoms with Gasteiger partial charge in [-0.15, -0.1) is 0 Å². The maximum absolute atomic E-state index is 13.1. The Balaban J connectivity index is 1.75. The van der Waals surface area contributed by atoms with E-state index in [1.54, 1.807) is 42.5 Å². The van der Waals surface area contributed by atoms with Gasteiger partial charge in [-0.25, -0.2) is 13.4 Å². The summed E-state index contributed by atoms with van der Waals surface area (Å²) in [6, 6.07) is 17.8. The van der Waals surface area contributed by atoms with Gasteiger partial charge < -0.3 is 15.0 Å². The Morgan fingerprint density at radius 3 is 2.21 bits per heavy atom. The number of rotatable bonds is 7. The second kappa shape index (κ2) is 9.31. The quantitative estimate of drug-likeness (QED) is 0.416. The summed E-state index contributed by atoms with van der Waals surface area (Å²) in [5.74, 6) is -1.42. The molecule has 0 aliphatic heterocycles. The number of thiol groups is 1. The van der Waals surface area contributed by atoms with Crippen LogP contribution in [-0.4, -0.2) is 19.8 Å². The molecule has 0 aromatic heterocycles. The Labute approximate surface area is 169 Å². The van der Waals surface area contributed by atoms with Gasteiger partial charge >= 0.3 is 5.97 Å². The summed E-state index contributed by atoms with van der Waals surface area (Å²) in [6.45, 7) is 0. The van der Waals surface area contributed by atoms with Gasteiger partial charge in [-0.1, -0.05) is 18.2 Å². The van der Waals surface area contributed by atoms with Gasteiger partial charge in [0.25, 0.3) is 0 Å². The minimum atomic E-state index is -2.57. The average molecular weight is 414 g/mol. The van der Waals surface area contributed by atoms with Crippen molar-refractivity contribution in [1.82, 2.24) is 0 Å². The number of benzene rings is 3. The molecule has 0 spiro atoms. The van der Waals surface area contributed by atoms with E-state index in [9.17, 15) is 18.5 Å². The Hall–Kier alpha value is -3.23. The highest BCUT2D eigenvalue weighted by Gasteiger charge is 2.11. The molecule has 3 aromatic carbocycles. The molecule has 3 aromatic rings. The summed E-state index contributed by atoms with van der Waals surface area (Å²) in [7, 11) is -2.57. The highest BCUT2D eigenvalue weighted by atomic mass is 32.2. The molecule has 1 unspecified atom stereocenters. The number of hydrogen-bond donors (Lipinski definition) is 4. The van der Waals surface area contributed by atoms with Crippen LogP contribution >= 0.6 is 0 Å². The van der Waals surface area contributed by atoms with Crippen LogP contribution in [-0.2, 0) is 23.7 Å². The molecule has 0 saturated heterocycles. The zero-order valence-corrected chi connectivity index (χ0v) is 16.1. The normalized spacial score (nSPS) is 11.9. The van der Waals surface area contributed by atoms with Gasteiger partial charge in [-0.3, -0.25) is 0 Å². The van der Waals surface area contributed by atoms with Crippen molar-refractivity contribution in [2.24, 2.45) is 4.36 Å². The smallest absolute Gasteiger partial charge is 0.337 e. The first-order chi connectivity index (χ1) is 13.9. The molecule has 0 radical (unpaired) electrons. The van der Waals surface area contributed by atoms with Crippen LogP contribution in [0.4, 0.5) is 21.5 Å². The van der Waals surface area contributed by atoms with E-state index < -0.39 is 16.8 Å². The number of aromatic carboxylic acids is 1. The molecule has 0 fully saturated rings. The third-order valence-electron chi connectivity index (χ3n) is 4.28. The van der Waals surface area contributed by atoms with Crippen molar-refractivity contribution in [2.75, 3.05) is 5.32 Å². The second-order valence-electron chi connectivity index (χ2n) is 6.34. The number of carbonyl (C=O) groups is 1. The first-order valence-corrected chi connectivity index (χ1v) is 9.93. The lowest BCUT2D eigenvalue weighted by molar-refractivity contribution is 0.0698. The van der Waals surface area contributed by atoms with Crippen LogP contribution in [0, 0.1) is 5.82 Å². The van der Waals surface area contributed by atoms with Crippen LogP contribution in [0.25, 0.3) is 0 Å². The fraction of sp³-hybridized carbons (Fsp3) is 0.0952. The molecule has 0 saturated carbocycles. The lowest BCUT2D eigenvalue weighted by atomic mass is 10.0. The number of aryl methyl sites for hydroxylation is 2. The number of anilines is 2. The Morgan fingerprint density at radius 1 is 0.966 bits per heavy atom. The van der Waals surface area contributed by atoms with Crippen LogP contribution in [0.5, 0.6) is 0 Å². The van der Waals surface area contributed by atoms with E-state index in [-0.39, 0.29) is 11.4 Å². The third kappa shape index (κ3) is 5.87. The highest BCUT2D eigenvalue weighted by Crippen LogP contribution is 2.24. The van der Waals surface area contributed by atoms with Gasteiger partial charge in [0.15, 0.2) is 10.9 Å². The van der Waals surface area contributed by atoms with Crippen molar-refractivity contribution in [3.8, 4) is 0 Å². The number of hydrogen-bond acceptors (Lipinski definition) is 4. The van der Waals surface area contributed by atoms with E-state index in [0.29, 0.717) is 29.9 Å². The van der Waals surface area contributed by atoms with Crippen molar-refractivity contribution in [3.63, 3.8) is 0 Å². The number of nitrogens with one attached hydrogen (secondary N) is 1. The molecule has 6 nitrogen and oxygen atoms in total. The van der Waals surface area contributed by atoms with E-state index >= 15 is 0 Å². The molecule has 150 valence electrons. The number of halogens is 1. The predicted molar refractivity (Wildman–Crippen MR) is 111 cm³/mol. The largest absolute Gasteiger partial charge is 0.478 e. The van der Waals surface area contributed by atoms with Crippen LogP contribution < -0.4 is 5.32 Å². The molecule has 0 heterocycles. The zero-order valence-electron chi connectivity index (χ0n) is 15.2. The summed E-state index contributed by atoms with van der Waals surface area (Å²) >= 11 is 0. The molecule has 0 amide bonds. The molecule has 0 bridgehead atoms. The van der Waals surface area contributed by atoms with E-state index in [0.717, 1.165) is 11.1 Å². The van der Waals surface area contributed by atoms with Gasteiger partial charge in [0.1, 0.15) is 5.82 Å². The number of nitrogens with zero attached hydrogens (tertiary/aromatic N) is 1. The van der Waals surface area contributed by atoms with Crippen molar-refractivity contribution < 1.29 is 23.1 Å². The zero-order chi connectivity index (χ0) is 20.8. The first kappa shape index (κ1) is 20.5. The third-order valence-corrected chi connectivity index (χ3v) is 4.68. The Kier molecular flexibility index (Phi) is 6.58. The molecule has 29 heavy (non-hydrogen) atoms. The maximum Gasteiger partial charge on any atom is 0.337 e. The topological polar surface area (TPSA) is 99.0 Å². The average Bonchev–Trinajstić information content (AvgIpc) is 2.69. The van der Waals surface area contributed by atoms with E-state index in [2.05, 4.69) is 9.68 Å². The van der Waals surface area contributed by atoms with Crippen molar-refractivity contribution in [2.45, 2.75) is 12.8 Å². The number of carboxylic acids is 1. The molecule has 8 heteroatoms.